The van der Waals surface area contributed by atoms with Crippen molar-refractivity contribution in [1.29, 1.82) is 0 Å². The number of piperidine rings is 2. The highest BCUT2D eigenvalue weighted by atomic mass is 19.1. The molecule has 180 valence electrons. The second kappa shape index (κ2) is 9.82. The van der Waals surface area contributed by atoms with Gasteiger partial charge in [0.25, 0.3) is 0 Å². The molecule has 3 heterocycles. The fraction of sp³-hybridized carbons (Fsp3) is 0.481. The summed E-state index contributed by atoms with van der Waals surface area (Å²) >= 11 is 0. The normalized spacial score (nSPS) is 23.8. The first kappa shape index (κ1) is 23.0. The van der Waals surface area contributed by atoms with Gasteiger partial charge in [-0.1, -0.05) is 24.3 Å². The van der Waals surface area contributed by atoms with E-state index in [-0.39, 0.29) is 53.9 Å². The molecular weight excluding hydrogens is 438 g/mol. The number of ketones is 1. The SMILES string of the molecule is O=C1CO[C@H]2CCN(C(=O)N3CCC(C(c4ccc(F)cc4)c4ccc(F)cc4)CC3)C[C@@H]2C1. The first-order valence-electron chi connectivity index (χ1n) is 12.2. The molecule has 2 atom stereocenters. The third kappa shape index (κ3) is 4.85. The quantitative estimate of drug-likeness (QED) is 0.661. The molecule has 0 aromatic heterocycles. The molecule has 3 saturated heterocycles. The first-order valence-corrected chi connectivity index (χ1v) is 12.2. The Morgan fingerprint density at radius 2 is 1.41 bits per heavy atom. The van der Waals surface area contributed by atoms with E-state index in [0.717, 1.165) is 30.4 Å². The van der Waals surface area contributed by atoms with Crippen LogP contribution in [0.15, 0.2) is 48.5 Å². The lowest BCUT2D eigenvalue weighted by Crippen LogP contribution is -2.54. The number of carbonyl (C=O) groups is 2. The Morgan fingerprint density at radius 1 is 0.853 bits per heavy atom. The number of rotatable bonds is 3. The van der Waals surface area contributed by atoms with Gasteiger partial charge in [-0.25, -0.2) is 13.6 Å². The van der Waals surface area contributed by atoms with Crippen molar-refractivity contribution in [2.24, 2.45) is 11.8 Å². The fourth-order valence-electron chi connectivity index (χ4n) is 5.85. The predicted octanol–water partition coefficient (Wildman–Crippen LogP) is 4.61. The van der Waals surface area contributed by atoms with Crippen molar-refractivity contribution in [2.45, 2.75) is 37.7 Å². The second-order valence-corrected chi connectivity index (χ2v) is 9.77. The number of hydrogen-bond donors (Lipinski definition) is 0. The molecule has 3 aliphatic rings. The van der Waals surface area contributed by atoms with Crippen molar-refractivity contribution in [2.75, 3.05) is 32.8 Å². The maximum Gasteiger partial charge on any atom is 0.320 e. The van der Waals surface area contributed by atoms with E-state index in [1.54, 1.807) is 24.3 Å². The number of hydrogen-bond acceptors (Lipinski definition) is 3. The van der Waals surface area contributed by atoms with Gasteiger partial charge in [-0.15, -0.1) is 0 Å². The Bertz CT molecular complexity index is 974. The Hall–Kier alpha value is -2.80. The molecule has 34 heavy (non-hydrogen) atoms. The highest BCUT2D eigenvalue weighted by Crippen LogP contribution is 2.38. The standard InChI is InChI=1S/C27H30F2N2O3/c28-22-5-1-18(2-6-22)26(19-3-7-23(29)8-4-19)20-9-12-30(13-10-20)27(33)31-14-11-25-21(16-31)15-24(32)17-34-25/h1-8,20-21,25-26H,9-17H2/t21-,25-/m0/s1. The summed E-state index contributed by atoms with van der Waals surface area (Å²) in [6.45, 7) is 2.71. The molecule has 0 unspecified atom stereocenters. The van der Waals surface area contributed by atoms with E-state index in [2.05, 4.69) is 0 Å². The summed E-state index contributed by atoms with van der Waals surface area (Å²) in [7, 11) is 0. The zero-order chi connectivity index (χ0) is 23.7. The van der Waals surface area contributed by atoms with Gasteiger partial charge >= 0.3 is 6.03 Å². The van der Waals surface area contributed by atoms with Gasteiger partial charge in [0.15, 0.2) is 5.78 Å². The Balaban J connectivity index is 1.26. The number of likely N-dealkylation sites (tertiary alicyclic amines) is 2. The molecule has 0 spiro atoms. The van der Waals surface area contributed by atoms with Gasteiger partial charge in [-0.05, 0) is 60.6 Å². The van der Waals surface area contributed by atoms with Crippen molar-refractivity contribution in [3.8, 4) is 0 Å². The van der Waals surface area contributed by atoms with Crippen molar-refractivity contribution in [1.82, 2.24) is 9.80 Å². The lowest BCUT2D eigenvalue weighted by molar-refractivity contribution is -0.140. The molecule has 2 aromatic rings. The van der Waals surface area contributed by atoms with Crippen LogP contribution in [0.3, 0.4) is 0 Å². The van der Waals surface area contributed by atoms with Crippen LogP contribution < -0.4 is 0 Å². The van der Waals surface area contributed by atoms with Gasteiger partial charge in [-0.2, -0.15) is 0 Å². The number of amides is 2. The smallest absolute Gasteiger partial charge is 0.320 e. The van der Waals surface area contributed by atoms with E-state index in [0.29, 0.717) is 32.6 Å². The van der Waals surface area contributed by atoms with Crippen LogP contribution in [-0.2, 0) is 9.53 Å². The summed E-state index contributed by atoms with van der Waals surface area (Å²) < 4.78 is 32.8. The maximum absolute atomic E-state index is 13.6. The minimum absolute atomic E-state index is 0.0135. The van der Waals surface area contributed by atoms with Crippen LogP contribution in [0, 0.1) is 23.5 Å². The van der Waals surface area contributed by atoms with Crippen LogP contribution >= 0.6 is 0 Å². The van der Waals surface area contributed by atoms with E-state index in [1.807, 2.05) is 9.80 Å². The van der Waals surface area contributed by atoms with Crippen LogP contribution in [0.25, 0.3) is 0 Å². The van der Waals surface area contributed by atoms with Crippen molar-refractivity contribution < 1.29 is 23.1 Å². The number of ether oxygens (including phenoxy) is 1. The fourth-order valence-corrected chi connectivity index (χ4v) is 5.85. The van der Waals surface area contributed by atoms with E-state index in [1.165, 1.54) is 24.3 Å². The van der Waals surface area contributed by atoms with Crippen molar-refractivity contribution >= 4 is 11.8 Å². The number of halogens is 2. The summed E-state index contributed by atoms with van der Waals surface area (Å²) in [6, 6.07) is 13.1. The number of urea groups is 1. The molecule has 0 saturated carbocycles. The average Bonchev–Trinajstić information content (AvgIpc) is 2.86. The summed E-state index contributed by atoms with van der Waals surface area (Å²) in [6.07, 6.45) is 2.98. The topological polar surface area (TPSA) is 49.9 Å². The van der Waals surface area contributed by atoms with Crippen LogP contribution in [0.4, 0.5) is 13.6 Å². The molecule has 5 nitrogen and oxygen atoms in total. The lowest BCUT2D eigenvalue weighted by Gasteiger charge is -2.43. The number of nitrogens with zero attached hydrogens (tertiary/aromatic N) is 2. The predicted molar refractivity (Wildman–Crippen MR) is 123 cm³/mol. The van der Waals surface area contributed by atoms with Gasteiger partial charge in [0, 0.05) is 44.4 Å². The van der Waals surface area contributed by atoms with E-state index in [9.17, 15) is 18.4 Å². The molecule has 2 aromatic carbocycles. The zero-order valence-corrected chi connectivity index (χ0v) is 19.2. The summed E-state index contributed by atoms with van der Waals surface area (Å²) in [5, 5.41) is 0. The molecule has 3 aliphatic heterocycles. The number of Topliss-reactive ketones (excluding diaryl/α,β-unsaturated/α-hetero) is 1. The summed E-state index contributed by atoms with van der Waals surface area (Å²) in [5.74, 6) is -0.0804. The molecule has 0 aliphatic carbocycles. The van der Waals surface area contributed by atoms with E-state index < -0.39 is 0 Å². The van der Waals surface area contributed by atoms with Crippen molar-refractivity contribution in [3.63, 3.8) is 0 Å². The molecule has 7 heteroatoms. The highest BCUT2D eigenvalue weighted by molar-refractivity contribution is 5.81. The third-order valence-corrected chi connectivity index (χ3v) is 7.62. The van der Waals surface area contributed by atoms with Gasteiger partial charge in [0.2, 0.25) is 0 Å². The molecule has 0 radical (unpaired) electrons. The molecule has 5 rings (SSSR count). The van der Waals surface area contributed by atoms with Gasteiger partial charge in [0.1, 0.15) is 18.2 Å². The third-order valence-electron chi connectivity index (χ3n) is 7.62. The maximum atomic E-state index is 13.6. The molecule has 2 amide bonds. The van der Waals surface area contributed by atoms with Crippen LogP contribution in [0.5, 0.6) is 0 Å². The minimum Gasteiger partial charge on any atom is -0.370 e. The van der Waals surface area contributed by atoms with Gasteiger partial charge in [0.05, 0.1) is 6.10 Å². The van der Waals surface area contributed by atoms with Crippen LogP contribution in [0.1, 0.15) is 42.7 Å². The van der Waals surface area contributed by atoms with Gasteiger partial charge in [-0.3, -0.25) is 4.79 Å². The molecule has 0 bridgehead atoms. The first-order chi connectivity index (χ1) is 16.5. The van der Waals surface area contributed by atoms with E-state index >= 15 is 0 Å². The van der Waals surface area contributed by atoms with Crippen molar-refractivity contribution in [3.05, 3.63) is 71.3 Å². The molecule has 0 N–H and O–H groups in total. The monoisotopic (exact) mass is 468 g/mol. The van der Waals surface area contributed by atoms with Gasteiger partial charge < -0.3 is 14.5 Å². The van der Waals surface area contributed by atoms with E-state index in [4.69, 9.17) is 4.74 Å². The summed E-state index contributed by atoms with van der Waals surface area (Å²) in [5.41, 5.74) is 2.00. The number of fused-ring (bicyclic) bond motifs is 1. The second-order valence-electron chi connectivity index (χ2n) is 9.77. The highest BCUT2D eigenvalue weighted by Gasteiger charge is 2.39. The largest absolute Gasteiger partial charge is 0.370 e. The minimum atomic E-state index is -0.282. The zero-order valence-electron chi connectivity index (χ0n) is 19.2. The van der Waals surface area contributed by atoms with Crippen LogP contribution in [0.2, 0.25) is 0 Å². The Kier molecular flexibility index (Phi) is 6.63. The number of carbonyl (C=O) groups excluding carboxylic acids is 2. The summed E-state index contributed by atoms with van der Waals surface area (Å²) in [4.78, 5) is 28.8. The molecule has 3 fully saturated rings. The average molecular weight is 469 g/mol. The number of benzene rings is 2. The Labute approximate surface area is 198 Å². The van der Waals surface area contributed by atoms with Crippen LogP contribution in [-0.4, -0.2) is 60.5 Å². The Morgan fingerprint density at radius 3 is 2.00 bits per heavy atom. The molecular formula is C27H30F2N2O3. The lowest BCUT2D eigenvalue weighted by atomic mass is 9.76.